The molecule has 0 saturated carbocycles. The van der Waals surface area contributed by atoms with Gasteiger partial charge in [0.1, 0.15) is 11.4 Å². The molecule has 0 aliphatic heterocycles. The van der Waals surface area contributed by atoms with Gasteiger partial charge in [-0.2, -0.15) is 5.10 Å². The molecule has 0 fully saturated rings. The molecule has 6 heteroatoms. The van der Waals surface area contributed by atoms with Gasteiger partial charge >= 0.3 is 0 Å². The molecule has 5 rings (SSSR count). The zero-order chi connectivity index (χ0) is 25.8. The van der Waals surface area contributed by atoms with Gasteiger partial charge in [0.05, 0.1) is 23.4 Å². The second kappa shape index (κ2) is 10.3. The van der Waals surface area contributed by atoms with Crippen LogP contribution in [0.1, 0.15) is 43.2 Å². The molecule has 180 valence electrons. The molecular weight excluding hydrogens is 464 g/mol. The van der Waals surface area contributed by atoms with Crippen LogP contribution in [0.3, 0.4) is 0 Å². The van der Waals surface area contributed by atoms with Gasteiger partial charge in [-0.05, 0) is 24.3 Å². The summed E-state index contributed by atoms with van der Waals surface area (Å²) in [6, 6.07) is 33.0. The topological polar surface area (TPSA) is 89.3 Å². The predicted octanol–water partition coefficient (Wildman–Crippen LogP) is 5.93. The summed E-state index contributed by atoms with van der Waals surface area (Å²) >= 11 is 0. The fraction of sp³-hybridized carbons (Fsp3) is 0.0323. The summed E-state index contributed by atoms with van der Waals surface area (Å²) in [7, 11) is 0. The molecule has 0 atom stereocenters. The highest BCUT2D eigenvalue weighted by atomic mass is 16.3. The molecule has 1 N–H and O–H groups in total. The Kier molecular flexibility index (Phi) is 6.55. The molecule has 6 nitrogen and oxygen atoms in total. The first-order valence-corrected chi connectivity index (χ1v) is 11.7. The van der Waals surface area contributed by atoms with E-state index in [9.17, 15) is 19.5 Å². The van der Waals surface area contributed by atoms with E-state index in [0.717, 1.165) is 0 Å². The Morgan fingerprint density at radius 1 is 0.676 bits per heavy atom. The van der Waals surface area contributed by atoms with Crippen LogP contribution < -0.4 is 0 Å². The van der Waals surface area contributed by atoms with Gasteiger partial charge in [-0.1, -0.05) is 91.0 Å². The van der Waals surface area contributed by atoms with Gasteiger partial charge in [0, 0.05) is 16.7 Å². The standard InChI is InChI=1S/C31H22N2O4/c34-25-18-10-15-23(19-25)26(35)20-27(36)29-28(31(37)22-13-6-2-7-14-22)30(21-11-4-1-5-12-21)33(32-29)24-16-8-3-9-17-24/h1-19,34H,20H2. The molecule has 0 bridgehead atoms. The number of ketones is 3. The van der Waals surface area contributed by atoms with E-state index in [0.29, 0.717) is 22.5 Å². The minimum atomic E-state index is -0.584. The first-order chi connectivity index (χ1) is 18.0. The van der Waals surface area contributed by atoms with Crippen LogP contribution in [0.2, 0.25) is 0 Å². The number of carbonyl (C=O) groups excluding carboxylic acids is 3. The van der Waals surface area contributed by atoms with Crippen molar-refractivity contribution in [1.29, 1.82) is 0 Å². The van der Waals surface area contributed by atoms with Crippen molar-refractivity contribution in [3.05, 3.63) is 138 Å². The Labute approximate surface area is 213 Å². The van der Waals surface area contributed by atoms with Crippen LogP contribution in [0, 0.1) is 0 Å². The summed E-state index contributed by atoms with van der Waals surface area (Å²) in [5.74, 6) is -1.50. The molecule has 4 aromatic carbocycles. The maximum atomic E-state index is 13.9. The maximum Gasteiger partial charge on any atom is 0.197 e. The molecular formula is C31H22N2O4. The molecule has 1 aromatic heterocycles. The predicted molar refractivity (Wildman–Crippen MR) is 140 cm³/mol. The van der Waals surface area contributed by atoms with Crippen molar-refractivity contribution in [2.75, 3.05) is 0 Å². The smallest absolute Gasteiger partial charge is 0.197 e. The van der Waals surface area contributed by atoms with Crippen LogP contribution >= 0.6 is 0 Å². The van der Waals surface area contributed by atoms with Crippen LogP contribution in [0.4, 0.5) is 0 Å². The Morgan fingerprint density at radius 2 is 1.27 bits per heavy atom. The van der Waals surface area contributed by atoms with E-state index in [2.05, 4.69) is 5.10 Å². The van der Waals surface area contributed by atoms with E-state index in [1.807, 2.05) is 66.7 Å². The lowest BCUT2D eigenvalue weighted by Gasteiger charge is -2.10. The number of para-hydroxylation sites is 1. The molecule has 0 aliphatic carbocycles. The third kappa shape index (κ3) is 4.86. The number of benzene rings is 4. The molecule has 0 spiro atoms. The fourth-order valence-electron chi connectivity index (χ4n) is 4.19. The highest BCUT2D eigenvalue weighted by molar-refractivity contribution is 6.21. The summed E-state index contributed by atoms with van der Waals surface area (Å²) in [6.07, 6.45) is -0.501. The highest BCUT2D eigenvalue weighted by Crippen LogP contribution is 2.32. The number of aromatic hydroxyl groups is 1. The Bertz CT molecular complexity index is 1590. The third-order valence-corrected chi connectivity index (χ3v) is 5.95. The molecule has 0 radical (unpaired) electrons. The molecule has 0 unspecified atom stereocenters. The van der Waals surface area contributed by atoms with Gasteiger partial charge in [-0.25, -0.2) is 4.68 Å². The number of aromatic nitrogens is 2. The molecule has 1 heterocycles. The molecule has 5 aromatic rings. The van der Waals surface area contributed by atoms with Crippen LogP contribution in [0.25, 0.3) is 16.9 Å². The van der Waals surface area contributed by atoms with E-state index >= 15 is 0 Å². The van der Waals surface area contributed by atoms with Crippen molar-refractivity contribution >= 4 is 17.3 Å². The van der Waals surface area contributed by atoms with Crippen molar-refractivity contribution in [1.82, 2.24) is 9.78 Å². The number of carbonyl (C=O) groups is 3. The summed E-state index contributed by atoms with van der Waals surface area (Å²) in [5.41, 5.74) is 2.50. The Morgan fingerprint density at radius 3 is 1.92 bits per heavy atom. The zero-order valence-electron chi connectivity index (χ0n) is 19.7. The van der Waals surface area contributed by atoms with Crippen LogP contribution in [0.15, 0.2) is 115 Å². The van der Waals surface area contributed by atoms with E-state index in [1.54, 1.807) is 28.9 Å². The minimum Gasteiger partial charge on any atom is -0.508 e. The summed E-state index contributed by atoms with van der Waals surface area (Å²) in [6.45, 7) is 0. The first-order valence-electron chi connectivity index (χ1n) is 11.7. The first kappa shape index (κ1) is 23.6. The number of phenolic OH excluding ortho intramolecular Hbond substituents is 1. The monoisotopic (exact) mass is 486 g/mol. The highest BCUT2D eigenvalue weighted by Gasteiger charge is 2.31. The van der Waals surface area contributed by atoms with Crippen LogP contribution in [0.5, 0.6) is 5.75 Å². The molecule has 0 amide bonds. The maximum absolute atomic E-state index is 13.9. The second-order valence-electron chi connectivity index (χ2n) is 8.45. The third-order valence-electron chi connectivity index (χ3n) is 5.95. The summed E-state index contributed by atoms with van der Waals surface area (Å²) in [5, 5.41) is 14.4. The number of phenols is 1. The number of nitrogens with zero attached hydrogens (tertiary/aromatic N) is 2. The van der Waals surface area contributed by atoms with Crippen molar-refractivity contribution in [3.63, 3.8) is 0 Å². The summed E-state index contributed by atoms with van der Waals surface area (Å²) < 4.78 is 1.58. The SMILES string of the molecule is O=C(CC(=O)c1nn(-c2ccccc2)c(-c2ccccc2)c1C(=O)c1ccccc1)c1cccc(O)c1. The van der Waals surface area contributed by atoms with Gasteiger partial charge < -0.3 is 5.11 Å². The van der Waals surface area contributed by atoms with Gasteiger partial charge in [0.2, 0.25) is 0 Å². The van der Waals surface area contributed by atoms with E-state index < -0.39 is 18.0 Å². The average molecular weight is 487 g/mol. The van der Waals surface area contributed by atoms with Crippen molar-refractivity contribution in [2.45, 2.75) is 6.42 Å². The van der Waals surface area contributed by atoms with E-state index in [4.69, 9.17) is 0 Å². The number of hydrogen-bond donors (Lipinski definition) is 1. The van der Waals surface area contributed by atoms with Crippen molar-refractivity contribution < 1.29 is 19.5 Å². The lowest BCUT2D eigenvalue weighted by Crippen LogP contribution is -2.14. The van der Waals surface area contributed by atoms with Gasteiger partial charge in [-0.15, -0.1) is 0 Å². The van der Waals surface area contributed by atoms with Crippen LogP contribution in [-0.2, 0) is 0 Å². The minimum absolute atomic E-state index is 0.0713. The average Bonchev–Trinajstić information content (AvgIpc) is 3.35. The van der Waals surface area contributed by atoms with Crippen LogP contribution in [-0.4, -0.2) is 32.2 Å². The number of rotatable bonds is 8. The number of hydrogen-bond acceptors (Lipinski definition) is 5. The van der Waals surface area contributed by atoms with Gasteiger partial charge in [0.25, 0.3) is 0 Å². The Hall–Kier alpha value is -5.10. The quantitative estimate of drug-likeness (QED) is 0.217. The van der Waals surface area contributed by atoms with Gasteiger partial charge in [-0.3, -0.25) is 14.4 Å². The molecule has 37 heavy (non-hydrogen) atoms. The zero-order valence-corrected chi connectivity index (χ0v) is 19.7. The van der Waals surface area contributed by atoms with Crippen molar-refractivity contribution in [3.8, 4) is 22.7 Å². The van der Waals surface area contributed by atoms with E-state index in [1.165, 1.54) is 24.3 Å². The normalized spacial score (nSPS) is 10.7. The largest absolute Gasteiger partial charge is 0.508 e. The molecule has 0 aliphatic rings. The lowest BCUT2D eigenvalue weighted by atomic mass is 9.94. The van der Waals surface area contributed by atoms with Gasteiger partial charge in [0.15, 0.2) is 17.3 Å². The summed E-state index contributed by atoms with van der Waals surface area (Å²) in [4.78, 5) is 40.4. The lowest BCUT2D eigenvalue weighted by molar-refractivity contribution is 0.0885. The Balaban J connectivity index is 1.70. The molecule has 0 saturated heterocycles. The second-order valence-corrected chi connectivity index (χ2v) is 8.45. The fourth-order valence-corrected chi connectivity index (χ4v) is 4.19. The van der Waals surface area contributed by atoms with Crippen molar-refractivity contribution in [2.24, 2.45) is 0 Å². The van der Waals surface area contributed by atoms with E-state index in [-0.39, 0.29) is 28.4 Å². The number of Topliss-reactive ketones (excluding diaryl/α,β-unsaturated/α-hetero) is 2.